The average Bonchev–Trinajstić information content (AvgIpc) is 3.36. The number of nitrogens with zero attached hydrogens (tertiary/aromatic N) is 4. The van der Waals surface area contributed by atoms with Crippen molar-refractivity contribution in [2.24, 2.45) is 5.10 Å². The molecule has 0 unspecified atom stereocenters. The molecule has 1 N–H and O–H groups in total. The van der Waals surface area contributed by atoms with Crippen molar-refractivity contribution in [3.8, 4) is 0 Å². The fourth-order valence-corrected chi connectivity index (χ4v) is 3.23. The predicted molar refractivity (Wildman–Crippen MR) is 106 cm³/mol. The summed E-state index contributed by atoms with van der Waals surface area (Å²) in [6.07, 6.45) is 0.514. The zero-order chi connectivity index (χ0) is 19.5. The monoisotopic (exact) mass is 375 g/mol. The summed E-state index contributed by atoms with van der Waals surface area (Å²) < 4.78 is 5.14. The molecule has 1 aromatic heterocycles. The highest BCUT2D eigenvalue weighted by molar-refractivity contribution is 6.39. The van der Waals surface area contributed by atoms with Gasteiger partial charge < -0.3 is 9.84 Å². The minimum absolute atomic E-state index is 0.0368. The number of carbonyl (C=O) groups is 1. The minimum atomic E-state index is -0.391. The molecule has 2 heterocycles. The van der Waals surface area contributed by atoms with E-state index in [-0.39, 0.29) is 11.9 Å². The van der Waals surface area contributed by atoms with Crippen molar-refractivity contribution in [2.75, 3.05) is 5.01 Å². The molecule has 28 heavy (non-hydrogen) atoms. The number of carbonyl (C=O) groups excluding carboxylic acids is 1. The lowest BCUT2D eigenvalue weighted by atomic mass is 10.0. The highest BCUT2D eigenvalue weighted by Gasteiger charge is 2.33. The van der Waals surface area contributed by atoms with Gasteiger partial charge in [0.05, 0.1) is 11.7 Å². The molecule has 142 valence electrons. The second-order valence-electron chi connectivity index (χ2n) is 6.73. The first-order valence-electron chi connectivity index (χ1n) is 9.19. The molecular weight excluding hydrogens is 354 g/mol. The first-order chi connectivity index (χ1) is 13.6. The largest absolute Gasteiger partial charge is 0.339 e. The molecule has 4 rings (SSSR count). The first-order valence-corrected chi connectivity index (χ1v) is 9.19. The fraction of sp³-hybridized carbons (Fsp3) is 0.238. The Morgan fingerprint density at radius 1 is 1.14 bits per heavy atom. The van der Waals surface area contributed by atoms with E-state index in [0.29, 0.717) is 23.8 Å². The van der Waals surface area contributed by atoms with Gasteiger partial charge in [0, 0.05) is 6.42 Å². The van der Waals surface area contributed by atoms with Crippen molar-refractivity contribution in [2.45, 2.75) is 32.4 Å². The van der Waals surface area contributed by atoms with E-state index in [1.165, 1.54) is 0 Å². The van der Waals surface area contributed by atoms with Crippen LogP contribution in [0.4, 0.5) is 5.69 Å². The average molecular weight is 375 g/mol. The van der Waals surface area contributed by atoms with Gasteiger partial charge in [0.1, 0.15) is 11.8 Å². The number of benzene rings is 2. The summed E-state index contributed by atoms with van der Waals surface area (Å²) in [6, 6.07) is 19.5. The van der Waals surface area contributed by atoms with Crippen LogP contribution in [0.25, 0.3) is 0 Å². The molecule has 0 fully saturated rings. The summed E-state index contributed by atoms with van der Waals surface area (Å²) in [5, 5.41) is 13.2. The predicted octanol–water partition coefficient (Wildman–Crippen LogP) is 3.56. The lowest BCUT2D eigenvalue weighted by molar-refractivity contribution is -0.115. The highest BCUT2D eigenvalue weighted by Crippen LogP contribution is 2.35. The van der Waals surface area contributed by atoms with Gasteiger partial charge in [-0.2, -0.15) is 10.1 Å². The van der Waals surface area contributed by atoms with Gasteiger partial charge in [0.15, 0.2) is 5.82 Å². The molecule has 0 saturated carbocycles. The number of nitrogens with one attached hydrogen (secondary N) is 1. The Balaban J connectivity index is 1.57. The Morgan fingerprint density at radius 3 is 2.46 bits per heavy atom. The topological polar surface area (TPSA) is 83.6 Å². The maximum absolute atomic E-state index is 12.8. The SMILES string of the molecule is Cc1noc([C@@H](C)NC(=O)C2=NN(c3ccccc3)[C@H](c3ccccc3)C2)n1. The molecule has 2 atom stereocenters. The van der Waals surface area contributed by atoms with Crippen LogP contribution >= 0.6 is 0 Å². The number of anilines is 1. The number of hydrogen-bond acceptors (Lipinski definition) is 6. The second kappa shape index (κ2) is 7.64. The van der Waals surface area contributed by atoms with Crippen LogP contribution in [0.15, 0.2) is 70.3 Å². The van der Waals surface area contributed by atoms with Crippen LogP contribution in [0.3, 0.4) is 0 Å². The van der Waals surface area contributed by atoms with E-state index >= 15 is 0 Å². The number of para-hydroxylation sites is 1. The van der Waals surface area contributed by atoms with Crippen LogP contribution in [-0.4, -0.2) is 21.8 Å². The zero-order valence-electron chi connectivity index (χ0n) is 15.7. The quantitative estimate of drug-likeness (QED) is 0.737. The first kappa shape index (κ1) is 17.9. The molecule has 2 aromatic carbocycles. The Labute approximate surface area is 163 Å². The standard InChI is InChI=1S/C21H21N5O2/c1-14(21-23-15(2)25-28-21)22-20(27)18-13-19(16-9-5-3-6-10-16)26(24-18)17-11-7-4-8-12-17/h3-12,14,19H,13H2,1-2H3,(H,22,27)/t14-,19+/m1/s1. The van der Waals surface area contributed by atoms with Gasteiger partial charge in [0.2, 0.25) is 5.89 Å². The van der Waals surface area contributed by atoms with Gasteiger partial charge in [-0.3, -0.25) is 9.80 Å². The van der Waals surface area contributed by atoms with Crippen LogP contribution in [0.2, 0.25) is 0 Å². The van der Waals surface area contributed by atoms with Gasteiger partial charge in [-0.05, 0) is 31.5 Å². The van der Waals surface area contributed by atoms with E-state index in [1.54, 1.807) is 6.92 Å². The number of amides is 1. The number of rotatable bonds is 5. The molecule has 3 aromatic rings. The molecule has 0 aliphatic carbocycles. The third kappa shape index (κ3) is 3.64. The summed E-state index contributed by atoms with van der Waals surface area (Å²) >= 11 is 0. The third-order valence-electron chi connectivity index (χ3n) is 4.64. The normalized spacial score (nSPS) is 17.3. The lowest BCUT2D eigenvalue weighted by Crippen LogP contribution is -2.32. The van der Waals surface area contributed by atoms with Crippen molar-refractivity contribution in [1.82, 2.24) is 15.5 Å². The zero-order valence-corrected chi connectivity index (χ0v) is 15.7. The maximum atomic E-state index is 12.8. The van der Waals surface area contributed by atoms with Crippen molar-refractivity contribution < 1.29 is 9.32 Å². The van der Waals surface area contributed by atoms with Crippen LogP contribution in [0.5, 0.6) is 0 Å². The van der Waals surface area contributed by atoms with Crippen LogP contribution < -0.4 is 10.3 Å². The highest BCUT2D eigenvalue weighted by atomic mass is 16.5. The summed E-state index contributed by atoms with van der Waals surface area (Å²) in [4.78, 5) is 17.0. The maximum Gasteiger partial charge on any atom is 0.268 e. The summed E-state index contributed by atoms with van der Waals surface area (Å²) in [5.41, 5.74) is 2.53. The van der Waals surface area contributed by atoms with Crippen molar-refractivity contribution in [1.29, 1.82) is 0 Å². The molecule has 0 spiro atoms. The molecule has 1 aliphatic rings. The van der Waals surface area contributed by atoms with E-state index in [1.807, 2.05) is 60.5 Å². The van der Waals surface area contributed by atoms with E-state index < -0.39 is 6.04 Å². The Bertz CT molecular complexity index is 984. The van der Waals surface area contributed by atoms with Crippen LogP contribution in [0, 0.1) is 6.92 Å². The summed E-state index contributed by atoms with van der Waals surface area (Å²) in [7, 11) is 0. The summed E-state index contributed by atoms with van der Waals surface area (Å²) in [5.74, 6) is 0.681. The molecule has 0 bridgehead atoms. The third-order valence-corrected chi connectivity index (χ3v) is 4.64. The van der Waals surface area contributed by atoms with Crippen molar-refractivity contribution in [3.63, 3.8) is 0 Å². The molecule has 1 aliphatic heterocycles. The summed E-state index contributed by atoms with van der Waals surface area (Å²) in [6.45, 7) is 3.55. The molecule has 0 radical (unpaired) electrons. The smallest absolute Gasteiger partial charge is 0.268 e. The van der Waals surface area contributed by atoms with Gasteiger partial charge in [-0.1, -0.05) is 53.7 Å². The molecule has 0 saturated heterocycles. The van der Waals surface area contributed by atoms with Gasteiger partial charge in [-0.25, -0.2) is 0 Å². The van der Waals surface area contributed by atoms with E-state index in [4.69, 9.17) is 4.52 Å². The van der Waals surface area contributed by atoms with Crippen molar-refractivity contribution >= 4 is 17.3 Å². The lowest BCUT2D eigenvalue weighted by Gasteiger charge is -2.23. The molecule has 7 heteroatoms. The number of aryl methyl sites for hydroxylation is 1. The fourth-order valence-electron chi connectivity index (χ4n) is 3.23. The Hall–Kier alpha value is -3.48. The van der Waals surface area contributed by atoms with E-state index in [0.717, 1.165) is 11.3 Å². The second-order valence-corrected chi connectivity index (χ2v) is 6.73. The molecular formula is C21H21N5O2. The van der Waals surface area contributed by atoms with Gasteiger partial charge in [0.25, 0.3) is 5.91 Å². The van der Waals surface area contributed by atoms with Gasteiger partial charge >= 0.3 is 0 Å². The minimum Gasteiger partial charge on any atom is -0.339 e. The Morgan fingerprint density at radius 2 is 1.82 bits per heavy atom. The van der Waals surface area contributed by atoms with Crippen LogP contribution in [0.1, 0.15) is 42.7 Å². The van der Waals surface area contributed by atoms with Crippen LogP contribution in [-0.2, 0) is 4.79 Å². The van der Waals surface area contributed by atoms with E-state index in [9.17, 15) is 4.79 Å². The molecule has 1 amide bonds. The Kier molecular flexibility index (Phi) is 4.89. The number of hydrogen-bond donors (Lipinski definition) is 1. The van der Waals surface area contributed by atoms with E-state index in [2.05, 4.69) is 32.7 Å². The van der Waals surface area contributed by atoms with Gasteiger partial charge in [-0.15, -0.1) is 0 Å². The molecule has 7 nitrogen and oxygen atoms in total. The number of aromatic nitrogens is 2. The van der Waals surface area contributed by atoms with Crippen molar-refractivity contribution in [3.05, 3.63) is 77.9 Å². The number of hydrazone groups is 1.